The van der Waals surface area contributed by atoms with Crippen molar-refractivity contribution in [2.45, 2.75) is 40.2 Å². The average Bonchev–Trinajstić information content (AvgIpc) is 2.48. The van der Waals surface area contributed by atoms with Gasteiger partial charge < -0.3 is 15.0 Å². The van der Waals surface area contributed by atoms with Crippen LogP contribution in [0.4, 0.5) is 0 Å². The Morgan fingerprint density at radius 1 is 1.33 bits per heavy atom. The number of hydrogen-bond donors (Lipinski definition) is 1. The summed E-state index contributed by atoms with van der Waals surface area (Å²) in [5, 5.41) is 2.35. The molecule has 0 radical (unpaired) electrons. The number of ether oxygens (including phenoxy) is 1. The molecule has 0 bridgehead atoms. The lowest BCUT2D eigenvalue weighted by molar-refractivity contribution is -0.138. The molecule has 2 atom stereocenters. The van der Waals surface area contributed by atoms with Gasteiger partial charge in [0.25, 0.3) is 0 Å². The first-order chi connectivity index (χ1) is 9.88. The lowest BCUT2D eigenvalue weighted by Crippen LogP contribution is -2.44. The number of carbonyl (C=O) groups excluding carboxylic acids is 3. The van der Waals surface area contributed by atoms with Crippen LogP contribution in [0.15, 0.2) is 11.6 Å². The van der Waals surface area contributed by atoms with Crippen LogP contribution in [0, 0.1) is 5.92 Å². The van der Waals surface area contributed by atoms with Gasteiger partial charge in [-0.2, -0.15) is 0 Å². The fourth-order valence-corrected chi connectivity index (χ4v) is 1.89. The maximum Gasteiger partial charge on any atom is 0.333 e. The van der Waals surface area contributed by atoms with Crippen LogP contribution in [-0.4, -0.2) is 49.4 Å². The van der Waals surface area contributed by atoms with Crippen LogP contribution in [0.5, 0.6) is 0 Å². The molecule has 120 valence electrons. The summed E-state index contributed by atoms with van der Waals surface area (Å²) in [5.74, 6) is -0.405. The predicted octanol–water partition coefficient (Wildman–Crippen LogP) is 1.11. The zero-order chi connectivity index (χ0) is 16.4. The van der Waals surface area contributed by atoms with Gasteiger partial charge in [0.15, 0.2) is 0 Å². The van der Waals surface area contributed by atoms with Crippen molar-refractivity contribution in [2.75, 3.05) is 20.2 Å². The molecule has 0 aromatic rings. The molecule has 0 aromatic carbocycles. The molecule has 0 aliphatic rings. The predicted molar refractivity (Wildman–Crippen MR) is 80.5 cm³/mol. The van der Waals surface area contributed by atoms with E-state index in [-0.39, 0.29) is 30.4 Å². The van der Waals surface area contributed by atoms with Gasteiger partial charge >= 0.3 is 5.97 Å². The van der Waals surface area contributed by atoms with Gasteiger partial charge in [0.2, 0.25) is 12.3 Å². The topological polar surface area (TPSA) is 75.7 Å². The molecule has 0 spiro atoms. The normalized spacial score (nSPS) is 14.0. The minimum Gasteiger partial charge on any atom is -0.463 e. The summed E-state index contributed by atoms with van der Waals surface area (Å²) >= 11 is 0. The fourth-order valence-electron chi connectivity index (χ4n) is 1.89. The van der Waals surface area contributed by atoms with Crippen LogP contribution in [-0.2, 0) is 19.1 Å². The highest BCUT2D eigenvalue weighted by atomic mass is 16.5. The zero-order valence-corrected chi connectivity index (χ0v) is 13.5. The summed E-state index contributed by atoms with van der Waals surface area (Å²) in [6.07, 6.45) is 3.10. The Kier molecular flexibility index (Phi) is 9.08. The number of likely N-dealkylation sites (N-methyl/N-ethyl adjacent to an activating group) is 1. The van der Waals surface area contributed by atoms with Gasteiger partial charge in [-0.15, -0.1) is 0 Å². The van der Waals surface area contributed by atoms with Crippen LogP contribution >= 0.6 is 0 Å². The van der Waals surface area contributed by atoms with Gasteiger partial charge in [-0.05, 0) is 19.8 Å². The molecule has 0 aliphatic heterocycles. The van der Waals surface area contributed by atoms with E-state index in [1.165, 1.54) is 0 Å². The van der Waals surface area contributed by atoms with E-state index in [0.29, 0.717) is 18.6 Å². The highest BCUT2D eigenvalue weighted by molar-refractivity contribution is 5.88. The van der Waals surface area contributed by atoms with Crippen LogP contribution in [0.25, 0.3) is 0 Å². The molecular formula is C15H26N2O4. The average molecular weight is 298 g/mol. The Bertz CT molecular complexity index is 393. The van der Waals surface area contributed by atoms with Crippen molar-refractivity contribution >= 4 is 18.3 Å². The molecule has 0 saturated carbocycles. The van der Waals surface area contributed by atoms with Gasteiger partial charge in [-0.25, -0.2) is 4.79 Å². The smallest absolute Gasteiger partial charge is 0.333 e. The van der Waals surface area contributed by atoms with Crippen LogP contribution < -0.4 is 5.32 Å². The monoisotopic (exact) mass is 298 g/mol. The molecule has 2 amide bonds. The lowest BCUT2D eigenvalue weighted by atomic mass is 9.95. The van der Waals surface area contributed by atoms with Crippen molar-refractivity contribution in [1.82, 2.24) is 10.2 Å². The third kappa shape index (κ3) is 6.42. The van der Waals surface area contributed by atoms with E-state index in [1.54, 1.807) is 31.9 Å². The number of amides is 2. The largest absolute Gasteiger partial charge is 0.463 e. The Hall–Kier alpha value is -1.85. The lowest BCUT2D eigenvalue weighted by Gasteiger charge is -2.30. The first kappa shape index (κ1) is 19.1. The Morgan fingerprint density at radius 2 is 1.95 bits per heavy atom. The Balaban J connectivity index is 5.11. The fraction of sp³-hybridized carbons (Fsp3) is 0.667. The van der Waals surface area contributed by atoms with E-state index in [4.69, 9.17) is 4.74 Å². The minimum absolute atomic E-state index is 0.0563. The SMILES string of the molecule is CCOC(=O)C(C)=C[C@H]([C@@H](C)CC)N(C)C(=O)CNC=O. The van der Waals surface area contributed by atoms with Crippen LogP contribution in [0.1, 0.15) is 34.1 Å². The Labute approximate surface area is 126 Å². The summed E-state index contributed by atoms with van der Waals surface area (Å²) < 4.78 is 4.95. The van der Waals surface area contributed by atoms with E-state index >= 15 is 0 Å². The molecular weight excluding hydrogens is 272 g/mol. The maximum absolute atomic E-state index is 12.0. The van der Waals surface area contributed by atoms with Gasteiger partial charge in [0.05, 0.1) is 19.2 Å². The third-order valence-electron chi connectivity index (χ3n) is 3.42. The molecule has 0 fully saturated rings. The second-order valence-corrected chi connectivity index (χ2v) is 4.95. The summed E-state index contributed by atoms with van der Waals surface area (Å²) in [4.78, 5) is 35.5. The molecule has 0 aromatic heterocycles. The molecule has 0 heterocycles. The van der Waals surface area contributed by atoms with Crippen molar-refractivity contribution in [1.29, 1.82) is 0 Å². The summed E-state index contributed by atoms with van der Waals surface area (Å²) in [5.41, 5.74) is 0.477. The number of hydrogen-bond acceptors (Lipinski definition) is 4. The van der Waals surface area contributed by atoms with E-state index in [1.807, 2.05) is 13.8 Å². The summed E-state index contributed by atoms with van der Waals surface area (Å²) in [6.45, 7) is 7.71. The van der Waals surface area contributed by atoms with Gasteiger partial charge in [0, 0.05) is 12.6 Å². The molecule has 6 nitrogen and oxygen atoms in total. The van der Waals surface area contributed by atoms with E-state index in [2.05, 4.69) is 5.32 Å². The quantitative estimate of drug-likeness (QED) is 0.393. The number of esters is 1. The van der Waals surface area contributed by atoms with Gasteiger partial charge in [0.1, 0.15) is 0 Å². The molecule has 0 aliphatic carbocycles. The standard InChI is InChI=1S/C15H26N2O4/c1-6-11(3)13(8-12(4)15(20)21-7-2)17(5)14(19)9-16-10-18/h8,10-11,13H,6-7,9H2,1-5H3,(H,16,18)/t11-,13+/m0/s1. The van der Waals surface area contributed by atoms with Crippen molar-refractivity contribution in [3.8, 4) is 0 Å². The summed E-state index contributed by atoms with van der Waals surface area (Å²) in [6, 6.07) is -0.222. The highest BCUT2D eigenvalue weighted by Crippen LogP contribution is 2.17. The molecule has 21 heavy (non-hydrogen) atoms. The van der Waals surface area contributed by atoms with E-state index < -0.39 is 0 Å². The number of carbonyl (C=O) groups is 3. The zero-order valence-electron chi connectivity index (χ0n) is 13.5. The number of nitrogens with zero attached hydrogens (tertiary/aromatic N) is 1. The third-order valence-corrected chi connectivity index (χ3v) is 3.42. The highest BCUT2D eigenvalue weighted by Gasteiger charge is 2.23. The van der Waals surface area contributed by atoms with Crippen molar-refractivity contribution in [3.05, 3.63) is 11.6 Å². The van der Waals surface area contributed by atoms with Crippen LogP contribution in [0.2, 0.25) is 0 Å². The summed E-state index contributed by atoms with van der Waals surface area (Å²) in [7, 11) is 1.67. The van der Waals surface area contributed by atoms with E-state index in [0.717, 1.165) is 6.42 Å². The van der Waals surface area contributed by atoms with Gasteiger partial charge in [-0.1, -0.05) is 26.3 Å². The molecule has 6 heteroatoms. The molecule has 0 rings (SSSR count). The van der Waals surface area contributed by atoms with Crippen LogP contribution in [0.3, 0.4) is 0 Å². The first-order valence-electron chi connectivity index (χ1n) is 7.17. The number of rotatable bonds is 9. The van der Waals surface area contributed by atoms with Crippen molar-refractivity contribution in [2.24, 2.45) is 5.92 Å². The van der Waals surface area contributed by atoms with E-state index in [9.17, 15) is 14.4 Å². The first-order valence-corrected chi connectivity index (χ1v) is 7.17. The molecule has 0 unspecified atom stereocenters. The van der Waals surface area contributed by atoms with Gasteiger partial charge in [-0.3, -0.25) is 9.59 Å². The molecule has 0 saturated heterocycles. The maximum atomic E-state index is 12.0. The number of nitrogens with one attached hydrogen (secondary N) is 1. The Morgan fingerprint density at radius 3 is 2.43 bits per heavy atom. The second-order valence-electron chi connectivity index (χ2n) is 4.95. The van der Waals surface area contributed by atoms with Crippen molar-refractivity contribution < 1.29 is 19.1 Å². The van der Waals surface area contributed by atoms with Crippen molar-refractivity contribution in [3.63, 3.8) is 0 Å². The minimum atomic E-state index is -0.377. The molecule has 1 N–H and O–H groups in total. The second kappa shape index (κ2) is 9.96.